The molecule has 1 fully saturated rings. The number of aromatic nitrogens is 3. The quantitative estimate of drug-likeness (QED) is 0.0958. The molecular formula is C34H43N6O10P. The van der Waals surface area contributed by atoms with Gasteiger partial charge in [-0.3, -0.25) is 18.9 Å². The molecule has 0 unspecified atom stereocenters. The lowest BCUT2D eigenvalue weighted by molar-refractivity contribution is -0.173. The Morgan fingerprint density at radius 2 is 1.71 bits per heavy atom. The van der Waals surface area contributed by atoms with Crippen LogP contribution in [0.15, 0.2) is 53.8 Å². The molecule has 4 rings (SSSR count). The molecule has 0 bridgehead atoms. The van der Waals surface area contributed by atoms with Crippen molar-refractivity contribution in [1.29, 1.82) is 5.26 Å². The zero-order valence-electron chi connectivity index (χ0n) is 29.7. The Balaban J connectivity index is 1.84. The third kappa shape index (κ3) is 9.17. The number of nitrogens with zero attached hydrogens (tertiary/aromatic N) is 5. The number of ether oxygens (including phenoxy) is 4. The summed E-state index contributed by atoms with van der Waals surface area (Å²) in [6.07, 6.45) is -1.30. The van der Waals surface area contributed by atoms with E-state index in [2.05, 4.69) is 20.2 Å². The number of rotatable bonds is 15. The number of fused-ring (bicyclic) bond motifs is 1. The maximum Gasteiger partial charge on any atom is 0.459 e. The van der Waals surface area contributed by atoms with Crippen molar-refractivity contribution in [3.05, 3.63) is 54.5 Å². The van der Waals surface area contributed by atoms with Crippen molar-refractivity contribution in [2.24, 2.45) is 22.7 Å². The van der Waals surface area contributed by atoms with Crippen LogP contribution in [-0.2, 0) is 42.4 Å². The minimum atomic E-state index is -4.53. The number of hydrogen-bond donors (Lipinski definition) is 1. The molecule has 274 valence electrons. The zero-order valence-corrected chi connectivity index (χ0v) is 30.6. The predicted molar refractivity (Wildman–Crippen MR) is 183 cm³/mol. The highest BCUT2D eigenvalue weighted by Crippen LogP contribution is 2.50. The second-order valence-corrected chi connectivity index (χ2v) is 14.5. The first-order chi connectivity index (χ1) is 24.1. The van der Waals surface area contributed by atoms with Crippen LogP contribution in [0, 0.1) is 29.1 Å². The molecule has 0 spiro atoms. The van der Waals surface area contributed by atoms with E-state index in [1.165, 1.54) is 29.9 Å². The number of esters is 3. The van der Waals surface area contributed by atoms with E-state index in [-0.39, 0.29) is 11.7 Å². The molecule has 1 aliphatic heterocycles. The number of carbonyl (C=O) groups is 3. The summed E-state index contributed by atoms with van der Waals surface area (Å²) in [5.41, 5.74) is -1.47. The summed E-state index contributed by atoms with van der Waals surface area (Å²) in [6, 6.07) is 12.2. The molecule has 6 atom stereocenters. The molecule has 3 heterocycles. The highest BCUT2D eigenvalue weighted by atomic mass is 31.2. The highest BCUT2D eigenvalue weighted by Gasteiger charge is 2.62. The van der Waals surface area contributed by atoms with Gasteiger partial charge in [0, 0.05) is 6.21 Å². The molecule has 16 nitrogen and oxygen atoms in total. The molecule has 0 radical (unpaired) electrons. The Morgan fingerprint density at radius 3 is 2.31 bits per heavy atom. The van der Waals surface area contributed by atoms with Crippen molar-refractivity contribution < 1.29 is 46.9 Å². The third-order valence-electron chi connectivity index (χ3n) is 7.59. The van der Waals surface area contributed by atoms with Crippen LogP contribution < -0.4 is 9.61 Å². The lowest BCUT2D eigenvalue weighted by Gasteiger charge is -2.31. The Bertz CT molecular complexity index is 1820. The van der Waals surface area contributed by atoms with Gasteiger partial charge >= 0.3 is 25.7 Å². The largest absolute Gasteiger partial charge is 0.468 e. The molecular weight excluding hydrogens is 683 g/mol. The Labute approximate surface area is 296 Å². The normalized spacial score (nSPS) is 22.2. The van der Waals surface area contributed by atoms with Crippen molar-refractivity contribution in [1.82, 2.24) is 19.7 Å². The average molecular weight is 727 g/mol. The topological polar surface area (TPSA) is 202 Å². The number of hydrogen-bond acceptors (Lipinski definition) is 14. The van der Waals surface area contributed by atoms with Crippen molar-refractivity contribution >= 4 is 43.2 Å². The molecule has 3 aromatic rings. The van der Waals surface area contributed by atoms with Crippen LogP contribution in [0.5, 0.6) is 5.75 Å². The summed E-state index contributed by atoms with van der Waals surface area (Å²) in [5.74, 6) is -2.86. The van der Waals surface area contributed by atoms with Crippen LogP contribution in [0.25, 0.3) is 5.52 Å². The van der Waals surface area contributed by atoms with Crippen molar-refractivity contribution in [2.75, 3.05) is 13.7 Å². The van der Waals surface area contributed by atoms with E-state index in [1.807, 2.05) is 19.9 Å². The standard InChI is InChI=1S/C34H43N6O10P/c1-20(2)16-36-30-26-15-14-25(40(26)38-19-37-30)27-28(47-31(41)21(3)4)29(48-32(42)22(5)6)34(17-35,49-27)18-46-51(44,39-23(7)33(43)45-8)50-24-12-10-9-11-13-24/h9-16,19-23,27-29H,18H2,1-8H3,(H,39,44)/b36-16+/t23-,27-,28-,29-,34+,51-/m0/s1. The molecule has 0 aliphatic carbocycles. The van der Waals surface area contributed by atoms with Crippen molar-refractivity contribution in [3.8, 4) is 11.8 Å². The molecule has 2 aromatic heterocycles. The highest BCUT2D eigenvalue weighted by molar-refractivity contribution is 7.52. The number of benzene rings is 1. The molecule has 51 heavy (non-hydrogen) atoms. The van der Waals surface area contributed by atoms with Gasteiger partial charge < -0.3 is 23.5 Å². The van der Waals surface area contributed by atoms with Gasteiger partial charge in [-0.15, -0.1) is 0 Å². The molecule has 1 N–H and O–H groups in total. The lowest BCUT2D eigenvalue weighted by atomic mass is 9.95. The van der Waals surface area contributed by atoms with Crippen LogP contribution in [-0.4, -0.2) is 76.3 Å². The second-order valence-electron chi connectivity index (χ2n) is 12.8. The summed E-state index contributed by atoms with van der Waals surface area (Å²) in [6.45, 7) is 10.9. The van der Waals surface area contributed by atoms with E-state index >= 15 is 0 Å². The summed E-state index contributed by atoms with van der Waals surface area (Å²) in [4.78, 5) is 47.4. The van der Waals surface area contributed by atoms with Crippen molar-refractivity contribution in [3.63, 3.8) is 0 Å². The van der Waals surface area contributed by atoms with E-state index in [9.17, 15) is 24.2 Å². The van der Waals surface area contributed by atoms with Gasteiger partial charge in [0.25, 0.3) is 0 Å². The van der Waals surface area contributed by atoms with Crippen LogP contribution in [0.3, 0.4) is 0 Å². The maximum absolute atomic E-state index is 14.3. The zero-order chi connectivity index (χ0) is 37.5. The van der Waals surface area contributed by atoms with Crippen LogP contribution >= 0.6 is 7.75 Å². The Hall–Kier alpha value is -4.68. The van der Waals surface area contributed by atoms with Gasteiger partial charge in [-0.05, 0) is 37.1 Å². The minimum Gasteiger partial charge on any atom is -0.468 e. The molecule has 1 aliphatic rings. The number of carbonyl (C=O) groups excluding carboxylic acids is 3. The lowest BCUT2D eigenvalue weighted by Crippen LogP contribution is -2.50. The van der Waals surface area contributed by atoms with Gasteiger partial charge in [-0.2, -0.15) is 15.4 Å². The van der Waals surface area contributed by atoms with Gasteiger partial charge in [0.15, 0.2) is 18.0 Å². The Morgan fingerprint density at radius 1 is 1.04 bits per heavy atom. The number of nitriles is 1. The molecule has 17 heteroatoms. The molecule has 0 saturated carbocycles. The summed E-state index contributed by atoms with van der Waals surface area (Å²) in [7, 11) is -3.37. The monoisotopic (exact) mass is 726 g/mol. The van der Waals surface area contributed by atoms with Crippen LogP contribution in [0.1, 0.15) is 60.3 Å². The smallest absolute Gasteiger partial charge is 0.459 e. The van der Waals surface area contributed by atoms with Gasteiger partial charge in [-0.1, -0.05) is 59.7 Å². The first-order valence-corrected chi connectivity index (χ1v) is 17.9. The minimum absolute atomic E-state index is 0.114. The van der Waals surface area contributed by atoms with Crippen LogP contribution in [0.2, 0.25) is 0 Å². The van der Waals surface area contributed by atoms with E-state index in [4.69, 9.17) is 28.0 Å². The fourth-order valence-corrected chi connectivity index (χ4v) is 6.42. The second kappa shape index (κ2) is 16.6. The van der Waals surface area contributed by atoms with Crippen molar-refractivity contribution in [2.45, 2.75) is 78.4 Å². The summed E-state index contributed by atoms with van der Waals surface area (Å²) in [5, 5.41) is 17.7. The first kappa shape index (κ1) is 39.1. The van der Waals surface area contributed by atoms with E-state index in [1.54, 1.807) is 64.2 Å². The number of nitrogens with one attached hydrogen (secondary N) is 1. The first-order valence-electron chi connectivity index (χ1n) is 16.3. The Kier molecular flexibility index (Phi) is 12.7. The van der Waals surface area contributed by atoms with E-state index in [0.29, 0.717) is 17.0 Å². The van der Waals surface area contributed by atoms with Gasteiger partial charge in [0.1, 0.15) is 42.4 Å². The van der Waals surface area contributed by atoms with E-state index in [0.717, 1.165) is 7.11 Å². The van der Waals surface area contributed by atoms with Gasteiger partial charge in [0.05, 0.1) is 24.6 Å². The summed E-state index contributed by atoms with van der Waals surface area (Å²) >= 11 is 0. The van der Waals surface area contributed by atoms with Gasteiger partial charge in [0.2, 0.25) is 5.60 Å². The average Bonchev–Trinajstić information content (AvgIpc) is 3.65. The molecule has 1 saturated heterocycles. The molecule has 1 aromatic carbocycles. The number of methoxy groups -OCH3 is 1. The predicted octanol–water partition coefficient (Wildman–Crippen LogP) is 4.91. The fraction of sp³-hybridized carbons (Fsp3) is 0.500. The number of para-hydroxylation sites is 1. The van der Waals surface area contributed by atoms with Crippen LogP contribution in [0.4, 0.5) is 5.82 Å². The maximum atomic E-state index is 14.3. The fourth-order valence-electron chi connectivity index (χ4n) is 4.90. The SMILES string of the molecule is COC(=O)[C@H](C)N[P@](=O)(OC[C@@]1(C#N)O[C@@H](c2ccc3c(/N=C/C(C)C)ncnn23)[C@H](OC(=O)C(C)C)[C@@H]1OC(=O)C(C)C)Oc1ccccc1. The third-order valence-corrected chi connectivity index (χ3v) is 9.22. The molecule has 0 amide bonds. The van der Waals surface area contributed by atoms with Gasteiger partial charge in [-0.25, -0.2) is 19.1 Å². The number of aliphatic imine (C=N–C) groups is 1. The van der Waals surface area contributed by atoms with E-state index < -0.39 is 74.1 Å². The summed E-state index contributed by atoms with van der Waals surface area (Å²) < 4.78 is 50.4.